The predicted octanol–water partition coefficient (Wildman–Crippen LogP) is 0.0953. The zero-order valence-corrected chi connectivity index (χ0v) is 7.49. The Morgan fingerprint density at radius 2 is 2.50 bits per heavy atom. The van der Waals surface area contributed by atoms with Crippen molar-refractivity contribution in [2.45, 2.75) is 13.0 Å². The van der Waals surface area contributed by atoms with Gasteiger partial charge in [0, 0.05) is 18.7 Å². The van der Waals surface area contributed by atoms with Crippen LogP contribution >= 0.6 is 0 Å². The van der Waals surface area contributed by atoms with Gasteiger partial charge < -0.3 is 4.74 Å². The first-order valence-electron chi connectivity index (χ1n) is 4.52. The van der Waals surface area contributed by atoms with Crippen molar-refractivity contribution >= 4 is 5.65 Å². The van der Waals surface area contributed by atoms with Gasteiger partial charge in [0.2, 0.25) is 0 Å². The second-order valence-electron chi connectivity index (χ2n) is 3.30. The van der Waals surface area contributed by atoms with E-state index in [9.17, 15) is 4.79 Å². The highest BCUT2D eigenvalue weighted by Gasteiger charge is 2.16. The molecule has 0 radical (unpaired) electrons. The highest BCUT2D eigenvalue weighted by Crippen LogP contribution is 2.11. The summed E-state index contributed by atoms with van der Waals surface area (Å²) in [5.74, 6) is 0. The van der Waals surface area contributed by atoms with Crippen molar-refractivity contribution in [3.63, 3.8) is 0 Å². The van der Waals surface area contributed by atoms with Crippen LogP contribution in [0.4, 0.5) is 0 Å². The molecule has 0 saturated heterocycles. The molecular formula is C9H9N3O2. The number of aromatic nitrogens is 3. The van der Waals surface area contributed by atoms with Crippen LogP contribution in [0, 0.1) is 0 Å². The van der Waals surface area contributed by atoms with Gasteiger partial charge in [-0.2, -0.15) is 0 Å². The average molecular weight is 191 g/mol. The first-order chi connectivity index (χ1) is 6.86. The van der Waals surface area contributed by atoms with Gasteiger partial charge in [0.1, 0.15) is 0 Å². The van der Waals surface area contributed by atoms with Gasteiger partial charge >= 0.3 is 0 Å². The molecule has 1 N–H and O–H groups in total. The fourth-order valence-electron chi connectivity index (χ4n) is 1.74. The summed E-state index contributed by atoms with van der Waals surface area (Å²) in [5.41, 5.74) is 2.18. The first-order valence-corrected chi connectivity index (χ1v) is 4.52. The lowest BCUT2D eigenvalue weighted by Gasteiger charge is -2.14. The second kappa shape index (κ2) is 2.68. The summed E-state index contributed by atoms with van der Waals surface area (Å²) in [6, 6.07) is 1.79. The van der Waals surface area contributed by atoms with Crippen LogP contribution in [-0.4, -0.2) is 21.2 Å². The Bertz CT molecular complexity index is 540. The number of H-pyrrole nitrogens is 1. The molecule has 3 heterocycles. The maximum absolute atomic E-state index is 11.8. The van der Waals surface area contributed by atoms with E-state index in [1.165, 1.54) is 4.52 Å². The molecule has 5 nitrogen and oxygen atoms in total. The average Bonchev–Trinajstić information content (AvgIpc) is 2.66. The number of nitrogens with zero attached hydrogens (tertiary/aromatic N) is 2. The number of hydrogen-bond donors (Lipinski definition) is 1. The van der Waals surface area contributed by atoms with Crippen molar-refractivity contribution in [1.82, 2.24) is 14.6 Å². The Hall–Kier alpha value is -1.62. The van der Waals surface area contributed by atoms with E-state index in [0.717, 1.165) is 12.1 Å². The molecule has 1 aliphatic heterocycles. The van der Waals surface area contributed by atoms with E-state index in [1.807, 2.05) is 0 Å². The van der Waals surface area contributed by atoms with E-state index in [1.54, 1.807) is 12.3 Å². The molecule has 0 saturated carbocycles. The van der Waals surface area contributed by atoms with E-state index in [0.29, 0.717) is 24.4 Å². The van der Waals surface area contributed by atoms with Crippen LogP contribution in [0.1, 0.15) is 11.3 Å². The number of hydrogen-bond acceptors (Lipinski definition) is 3. The van der Waals surface area contributed by atoms with E-state index < -0.39 is 0 Å². The van der Waals surface area contributed by atoms with Crippen LogP contribution in [0.25, 0.3) is 5.65 Å². The molecule has 0 spiro atoms. The summed E-state index contributed by atoms with van der Waals surface area (Å²) < 4.78 is 6.67. The molecule has 0 bridgehead atoms. The van der Waals surface area contributed by atoms with Crippen molar-refractivity contribution in [2.24, 2.45) is 0 Å². The SMILES string of the molecule is O=c1c2c(nc3cc[nH]n13)CCOC2. The quantitative estimate of drug-likeness (QED) is 0.642. The molecule has 3 rings (SSSR count). The van der Waals surface area contributed by atoms with Gasteiger partial charge in [-0.25, -0.2) is 9.50 Å². The summed E-state index contributed by atoms with van der Waals surface area (Å²) in [6.45, 7) is 1.03. The number of nitrogens with one attached hydrogen (secondary N) is 1. The van der Waals surface area contributed by atoms with Gasteiger partial charge in [0.15, 0.2) is 5.65 Å². The van der Waals surface area contributed by atoms with Gasteiger partial charge in [-0.1, -0.05) is 0 Å². The lowest BCUT2D eigenvalue weighted by molar-refractivity contribution is 0.108. The summed E-state index contributed by atoms with van der Waals surface area (Å²) in [7, 11) is 0. The van der Waals surface area contributed by atoms with E-state index in [2.05, 4.69) is 10.1 Å². The standard InChI is InChI=1S/C9H9N3O2/c13-9-6-5-14-4-2-7(6)11-8-1-3-10-12(8)9/h1,3,10H,2,4-5H2. The maximum atomic E-state index is 11.8. The van der Waals surface area contributed by atoms with E-state index >= 15 is 0 Å². The van der Waals surface area contributed by atoms with Crippen LogP contribution in [0.2, 0.25) is 0 Å². The van der Waals surface area contributed by atoms with Gasteiger partial charge in [0.25, 0.3) is 5.56 Å². The minimum atomic E-state index is -0.0466. The number of fused-ring (bicyclic) bond motifs is 2. The Balaban J connectivity index is 2.42. The van der Waals surface area contributed by atoms with Gasteiger partial charge in [-0.05, 0) is 0 Å². The molecule has 0 unspecified atom stereocenters. The molecule has 2 aromatic heterocycles. The third-order valence-electron chi connectivity index (χ3n) is 2.45. The molecule has 0 fully saturated rings. The van der Waals surface area contributed by atoms with Crippen LogP contribution in [0.15, 0.2) is 17.1 Å². The molecule has 0 aliphatic carbocycles. The van der Waals surface area contributed by atoms with Gasteiger partial charge in [-0.15, -0.1) is 0 Å². The smallest absolute Gasteiger partial charge is 0.278 e. The van der Waals surface area contributed by atoms with Crippen molar-refractivity contribution in [3.05, 3.63) is 33.9 Å². The third-order valence-corrected chi connectivity index (χ3v) is 2.45. The minimum Gasteiger partial charge on any atom is -0.376 e. The molecule has 0 aromatic carbocycles. The van der Waals surface area contributed by atoms with Crippen molar-refractivity contribution < 1.29 is 4.74 Å². The van der Waals surface area contributed by atoms with Crippen molar-refractivity contribution in [2.75, 3.05) is 6.61 Å². The number of aromatic amines is 1. The molecule has 72 valence electrons. The van der Waals surface area contributed by atoms with Gasteiger partial charge in [0.05, 0.1) is 24.5 Å². The lowest BCUT2D eigenvalue weighted by Crippen LogP contribution is -2.26. The molecule has 2 aromatic rings. The Kier molecular flexibility index (Phi) is 1.49. The maximum Gasteiger partial charge on any atom is 0.278 e. The fourth-order valence-corrected chi connectivity index (χ4v) is 1.74. The molecular weight excluding hydrogens is 182 g/mol. The summed E-state index contributed by atoms with van der Waals surface area (Å²) >= 11 is 0. The monoisotopic (exact) mass is 191 g/mol. The van der Waals surface area contributed by atoms with Crippen LogP contribution < -0.4 is 5.56 Å². The molecule has 0 amide bonds. The highest BCUT2D eigenvalue weighted by atomic mass is 16.5. The normalized spacial score (nSPS) is 15.7. The Morgan fingerprint density at radius 1 is 1.57 bits per heavy atom. The van der Waals surface area contributed by atoms with Gasteiger partial charge in [-0.3, -0.25) is 9.89 Å². The summed E-state index contributed by atoms with van der Waals surface area (Å²) in [6.07, 6.45) is 2.43. The number of ether oxygens (including phenoxy) is 1. The van der Waals surface area contributed by atoms with Crippen molar-refractivity contribution in [3.8, 4) is 0 Å². The third kappa shape index (κ3) is 0.927. The van der Waals surface area contributed by atoms with Crippen LogP contribution in [0.5, 0.6) is 0 Å². The fraction of sp³-hybridized carbons (Fsp3) is 0.333. The highest BCUT2D eigenvalue weighted by molar-refractivity contribution is 5.39. The Labute approximate surface area is 79.3 Å². The van der Waals surface area contributed by atoms with Crippen LogP contribution in [-0.2, 0) is 17.8 Å². The van der Waals surface area contributed by atoms with E-state index in [4.69, 9.17) is 4.74 Å². The molecule has 1 aliphatic rings. The predicted molar refractivity (Wildman–Crippen MR) is 49.2 cm³/mol. The molecule has 5 heteroatoms. The first kappa shape index (κ1) is 7.75. The van der Waals surface area contributed by atoms with E-state index in [-0.39, 0.29) is 5.56 Å². The minimum absolute atomic E-state index is 0.0466. The van der Waals surface area contributed by atoms with Crippen LogP contribution in [0.3, 0.4) is 0 Å². The topological polar surface area (TPSA) is 59.4 Å². The molecule has 0 atom stereocenters. The number of rotatable bonds is 0. The Morgan fingerprint density at radius 3 is 3.43 bits per heavy atom. The summed E-state index contributed by atoms with van der Waals surface area (Å²) in [4.78, 5) is 16.2. The summed E-state index contributed by atoms with van der Waals surface area (Å²) in [5, 5.41) is 2.82. The zero-order chi connectivity index (χ0) is 9.54. The lowest BCUT2D eigenvalue weighted by atomic mass is 10.1. The second-order valence-corrected chi connectivity index (χ2v) is 3.30. The zero-order valence-electron chi connectivity index (χ0n) is 7.49. The largest absolute Gasteiger partial charge is 0.376 e. The van der Waals surface area contributed by atoms with Crippen molar-refractivity contribution in [1.29, 1.82) is 0 Å². The molecule has 14 heavy (non-hydrogen) atoms.